The van der Waals surface area contributed by atoms with Crippen LogP contribution in [0.15, 0.2) is 57.2 Å². The van der Waals surface area contributed by atoms with Crippen molar-refractivity contribution in [2.45, 2.75) is 17.1 Å². The molecule has 0 aliphatic carbocycles. The van der Waals surface area contributed by atoms with Crippen LogP contribution in [0.25, 0.3) is 23.0 Å². The fourth-order valence-electron chi connectivity index (χ4n) is 3.28. The maximum absolute atomic E-state index is 14.0. The number of nitrogens with zero attached hydrogens (tertiary/aromatic N) is 1. The Morgan fingerprint density at radius 3 is 2.53 bits per heavy atom. The summed E-state index contributed by atoms with van der Waals surface area (Å²) in [5.74, 6) is -1.17. The van der Waals surface area contributed by atoms with Crippen LogP contribution in [0.3, 0.4) is 0 Å². The summed E-state index contributed by atoms with van der Waals surface area (Å²) in [4.78, 5) is 12.1. The predicted molar refractivity (Wildman–Crippen MR) is 112 cm³/mol. The fraction of sp³-hybridized carbons (Fsp3) is 0.190. The molecule has 1 aliphatic heterocycles. The van der Waals surface area contributed by atoms with E-state index in [0.717, 1.165) is 24.2 Å². The summed E-state index contributed by atoms with van der Waals surface area (Å²) in [7, 11) is -3.62. The molecule has 9 heteroatoms. The molecule has 0 radical (unpaired) electrons. The van der Waals surface area contributed by atoms with Crippen molar-refractivity contribution in [2.75, 3.05) is 13.1 Å². The van der Waals surface area contributed by atoms with Gasteiger partial charge >= 0.3 is 5.97 Å². The van der Waals surface area contributed by atoms with E-state index in [1.165, 1.54) is 28.6 Å². The molecule has 0 amide bonds. The molecule has 2 aromatic heterocycles. The molecule has 0 saturated carbocycles. The smallest absolute Gasteiger partial charge is 0.337 e. The number of rotatable bonds is 6. The van der Waals surface area contributed by atoms with Gasteiger partial charge in [-0.15, -0.1) is 11.3 Å². The fourth-order valence-corrected chi connectivity index (χ4v) is 6.26. The first-order valence-corrected chi connectivity index (χ1v) is 11.5. The van der Waals surface area contributed by atoms with Crippen LogP contribution in [0.2, 0.25) is 0 Å². The molecule has 156 valence electrons. The number of carboxylic acid groups (broad SMARTS) is 1. The number of hydrogen-bond acceptors (Lipinski definition) is 5. The zero-order valence-corrected chi connectivity index (χ0v) is 17.4. The highest BCUT2D eigenvalue weighted by atomic mass is 32.2. The molecule has 1 fully saturated rings. The van der Waals surface area contributed by atoms with Gasteiger partial charge in [-0.1, -0.05) is 12.1 Å². The van der Waals surface area contributed by atoms with Crippen molar-refractivity contribution in [1.29, 1.82) is 0 Å². The molecule has 0 bridgehead atoms. The summed E-state index contributed by atoms with van der Waals surface area (Å²) >= 11 is 0.908. The zero-order chi connectivity index (χ0) is 21.3. The number of furan rings is 1. The van der Waals surface area contributed by atoms with Crippen molar-refractivity contribution in [2.24, 2.45) is 0 Å². The average Bonchev–Trinajstić information content (AvgIpc) is 3.48. The molecule has 0 unspecified atom stereocenters. The molecular formula is C21H18FNO5S2. The Morgan fingerprint density at radius 1 is 1.10 bits per heavy atom. The quantitative estimate of drug-likeness (QED) is 0.560. The molecular weight excluding hydrogens is 429 g/mol. The van der Waals surface area contributed by atoms with Crippen molar-refractivity contribution < 1.29 is 27.1 Å². The Hall–Kier alpha value is -2.75. The van der Waals surface area contributed by atoms with E-state index in [0.29, 0.717) is 18.0 Å². The van der Waals surface area contributed by atoms with Gasteiger partial charge in [-0.3, -0.25) is 0 Å². The molecule has 1 aromatic carbocycles. The van der Waals surface area contributed by atoms with Crippen molar-refractivity contribution in [3.8, 4) is 11.3 Å². The standard InChI is InChI=1S/C21H18FNO5S2/c22-17-6-2-1-5-15(17)18-8-7-14(28-18)13-16(21(24)25)19-9-10-20(29-19)30(26,27)23-11-3-4-12-23/h1-2,5-10,13H,3-4,11-12H2,(H,24,25)/b16-13+. The summed E-state index contributed by atoms with van der Waals surface area (Å²) in [5, 5.41) is 9.66. The Kier molecular flexibility index (Phi) is 5.59. The topological polar surface area (TPSA) is 87.8 Å². The van der Waals surface area contributed by atoms with Crippen LogP contribution < -0.4 is 0 Å². The third-order valence-corrected chi connectivity index (χ3v) is 8.27. The summed E-state index contributed by atoms with van der Waals surface area (Å²) in [6.07, 6.45) is 2.95. The van der Waals surface area contributed by atoms with Gasteiger partial charge in [0.25, 0.3) is 10.0 Å². The summed E-state index contributed by atoms with van der Waals surface area (Å²) in [6.45, 7) is 0.949. The minimum Gasteiger partial charge on any atom is -0.478 e. The second-order valence-corrected chi connectivity index (χ2v) is 10.0. The van der Waals surface area contributed by atoms with Gasteiger partial charge in [-0.25, -0.2) is 17.6 Å². The van der Waals surface area contributed by atoms with Gasteiger partial charge in [0, 0.05) is 18.0 Å². The number of carbonyl (C=O) groups is 1. The third kappa shape index (κ3) is 3.96. The lowest BCUT2D eigenvalue weighted by Crippen LogP contribution is -2.27. The second kappa shape index (κ2) is 8.17. The van der Waals surface area contributed by atoms with Crippen molar-refractivity contribution in [3.63, 3.8) is 0 Å². The van der Waals surface area contributed by atoms with E-state index < -0.39 is 21.8 Å². The van der Waals surface area contributed by atoms with E-state index in [4.69, 9.17) is 4.42 Å². The molecule has 1 N–H and O–H groups in total. The highest BCUT2D eigenvalue weighted by Gasteiger charge is 2.29. The largest absolute Gasteiger partial charge is 0.478 e. The van der Waals surface area contributed by atoms with E-state index in [1.54, 1.807) is 30.3 Å². The summed E-state index contributed by atoms with van der Waals surface area (Å²) < 4.78 is 46.5. The molecule has 4 rings (SSSR count). The number of thiophene rings is 1. The average molecular weight is 448 g/mol. The van der Waals surface area contributed by atoms with E-state index >= 15 is 0 Å². The minimum atomic E-state index is -3.62. The van der Waals surface area contributed by atoms with Gasteiger partial charge < -0.3 is 9.52 Å². The highest BCUT2D eigenvalue weighted by Crippen LogP contribution is 2.33. The van der Waals surface area contributed by atoms with Crippen LogP contribution in [0.1, 0.15) is 23.5 Å². The SMILES string of the molecule is O=C(O)/C(=C/c1ccc(-c2ccccc2F)o1)c1ccc(S(=O)(=O)N2CCCC2)s1. The van der Waals surface area contributed by atoms with Crippen LogP contribution in [-0.2, 0) is 14.8 Å². The van der Waals surface area contributed by atoms with E-state index in [9.17, 15) is 22.7 Å². The van der Waals surface area contributed by atoms with Gasteiger partial charge in [0.05, 0.1) is 11.1 Å². The first kappa shape index (κ1) is 20.5. The Balaban J connectivity index is 1.66. The first-order valence-electron chi connectivity index (χ1n) is 9.26. The molecule has 1 saturated heterocycles. The number of hydrogen-bond donors (Lipinski definition) is 1. The van der Waals surface area contributed by atoms with Crippen LogP contribution in [-0.4, -0.2) is 36.9 Å². The molecule has 0 atom stereocenters. The number of carboxylic acids is 1. The van der Waals surface area contributed by atoms with Gasteiger partial charge in [-0.05, 0) is 55.3 Å². The van der Waals surface area contributed by atoms with Crippen molar-refractivity contribution >= 4 is 39.0 Å². The number of aliphatic carboxylic acids is 1. The monoisotopic (exact) mass is 447 g/mol. The summed E-state index contributed by atoms with van der Waals surface area (Å²) in [5.41, 5.74) is 0.168. The highest BCUT2D eigenvalue weighted by molar-refractivity contribution is 7.91. The van der Waals surface area contributed by atoms with Crippen LogP contribution in [0.4, 0.5) is 4.39 Å². The van der Waals surface area contributed by atoms with E-state index in [2.05, 4.69) is 0 Å². The van der Waals surface area contributed by atoms with E-state index in [-0.39, 0.29) is 26.9 Å². The Bertz CT molecular complexity index is 1220. The maximum atomic E-state index is 14.0. The zero-order valence-electron chi connectivity index (χ0n) is 15.7. The predicted octanol–water partition coefficient (Wildman–Crippen LogP) is 4.56. The molecule has 30 heavy (non-hydrogen) atoms. The second-order valence-electron chi connectivity index (χ2n) is 6.77. The van der Waals surface area contributed by atoms with Crippen LogP contribution >= 0.6 is 11.3 Å². The Morgan fingerprint density at radius 2 is 1.83 bits per heavy atom. The number of sulfonamides is 1. The molecule has 6 nitrogen and oxygen atoms in total. The molecule has 3 heterocycles. The van der Waals surface area contributed by atoms with Crippen LogP contribution in [0.5, 0.6) is 0 Å². The molecule has 3 aromatic rings. The third-order valence-electron chi connectivity index (χ3n) is 4.79. The maximum Gasteiger partial charge on any atom is 0.337 e. The lowest BCUT2D eigenvalue weighted by Gasteiger charge is -2.13. The molecule has 0 spiro atoms. The minimum absolute atomic E-state index is 0.0997. The summed E-state index contributed by atoms with van der Waals surface area (Å²) in [6, 6.07) is 12.1. The van der Waals surface area contributed by atoms with Crippen LogP contribution in [0, 0.1) is 5.82 Å². The van der Waals surface area contributed by atoms with Gasteiger partial charge in [0.15, 0.2) is 0 Å². The van der Waals surface area contributed by atoms with Gasteiger partial charge in [0.2, 0.25) is 0 Å². The number of halogens is 1. The lowest BCUT2D eigenvalue weighted by molar-refractivity contribution is -0.130. The Labute approximate surface area is 176 Å². The number of benzene rings is 1. The van der Waals surface area contributed by atoms with Crippen molar-refractivity contribution in [1.82, 2.24) is 4.31 Å². The van der Waals surface area contributed by atoms with E-state index in [1.807, 2.05) is 0 Å². The molecule has 1 aliphatic rings. The lowest BCUT2D eigenvalue weighted by atomic mass is 10.1. The van der Waals surface area contributed by atoms with Gasteiger partial charge in [-0.2, -0.15) is 4.31 Å². The van der Waals surface area contributed by atoms with Gasteiger partial charge in [0.1, 0.15) is 21.5 Å². The van der Waals surface area contributed by atoms with Crippen molar-refractivity contribution in [3.05, 3.63) is 65.0 Å². The first-order chi connectivity index (χ1) is 14.4. The normalized spacial score (nSPS) is 15.6.